The number of nitrogens with zero attached hydrogens (tertiary/aromatic N) is 1. The predicted molar refractivity (Wildman–Crippen MR) is 67.0 cm³/mol. The van der Waals surface area contributed by atoms with Gasteiger partial charge in [0.05, 0.1) is 0 Å². The van der Waals surface area contributed by atoms with Gasteiger partial charge in [-0.3, -0.25) is 4.79 Å². The molecule has 0 radical (unpaired) electrons. The maximum atomic E-state index is 12.3. The molecule has 1 aliphatic rings. The molecule has 0 saturated carbocycles. The number of nitrogens with two attached hydrogens (primary N) is 1. The van der Waals surface area contributed by atoms with Crippen LogP contribution in [0.3, 0.4) is 0 Å². The van der Waals surface area contributed by atoms with E-state index in [1.807, 2.05) is 4.90 Å². The van der Waals surface area contributed by atoms with Gasteiger partial charge in [0.15, 0.2) is 0 Å². The molecule has 0 aliphatic carbocycles. The van der Waals surface area contributed by atoms with Crippen LogP contribution in [0.4, 0.5) is 0 Å². The highest BCUT2D eigenvalue weighted by Gasteiger charge is 2.35. The summed E-state index contributed by atoms with van der Waals surface area (Å²) >= 11 is 0. The zero-order valence-corrected chi connectivity index (χ0v) is 11.1. The second-order valence-electron chi connectivity index (χ2n) is 6.12. The largest absolute Gasteiger partial charge is 0.342 e. The second kappa shape index (κ2) is 5.17. The lowest BCUT2D eigenvalue weighted by Crippen LogP contribution is -2.40. The van der Waals surface area contributed by atoms with Crippen molar-refractivity contribution < 1.29 is 4.79 Å². The molecule has 0 bridgehead atoms. The molecule has 1 rings (SSSR count). The smallest absolute Gasteiger partial charge is 0.228 e. The number of rotatable bonds is 4. The Morgan fingerprint density at radius 1 is 1.50 bits per heavy atom. The van der Waals surface area contributed by atoms with E-state index in [4.69, 9.17) is 5.73 Å². The van der Waals surface area contributed by atoms with Crippen LogP contribution in [-0.2, 0) is 4.79 Å². The average Bonchev–Trinajstić information content (AvgIpc) is 2.62. The lowest BCUT2D eigenvalue weighted by Gasteiger charge is -2.30. The standard InChI is InChI=1S/C13H26N2O/c1-10(2)7-13(3,4)12(16)15-6-5-11(8-14)9-15/h10-11H,5-9,14H2,1-4H3. The molecule has 1 amide bonds. The minimum atomic E-state index is -0.225. The molecule has 0 aromatic carbocycles. The zero-order chi connectivity index (χ0) is 12.3. The highest BCUT2D eigenvalue weighted by Crippen LogP contribution is 2.30. The summed E-state index contributed by atoms with van der Waals surface area (Å²) < 4.78 is 0. The van der Waals surface area contributed by atoms with Crippen molar-refractivity contribution >= 4 is 5.91 Å². The average molecular weight is 226 g/mol. The van der Waals surface area contributed by atoms with Gasteiger partial charge in [-0.2, -0.15) is 0 Å². The Hall–Kier alpha value is -0.570. The Morgan fingerprint density at radius 2 is 2.12 bits per heavy atom. The van der Waals surface area contributed by atoms with Crippen molar-refractivity contribution in [3.05, 3.63) is 0 Å². The molecule has 0 aromatic rings. The Balaban J connectivity index is 2.57. The number of likely N-dealkylation sites (tertiary alicyclic amines) is 1. The first-order valence-electron chi connectivity index (χ1n) is 6.36. The van der Waals surface area contributed by atoms with E-state index in [2.05, 4.69) is 27.7 Å². The molecule has 16 heavy (non-hydrogen) atoms. The third-order valence-electron chi connectivity index (χ3n) is 3.40. The first-order valence-corrected chi connectivity index (χ1v) is 6.36. The highest BCUT2D eigenvalue weighted by atomic mass is 16.2. The Morgan fingerprint density at radius 3 is 2.56 bits per heavy atom. The van der Waals surface area contributed by atoms with Crippen molar-refractivity contribution in [3.63, 3.8) is 0 Å². The van der Waals surface area contributed by atoms with E-state index in [1.165, 1.54) is 0 Å². The molecule has 1 fully saturated rings. The number of amides is 1. The molecule has 3 nitrogen and oxygen atoms in total. The van der Waals surface area contributed by atoms with E-state index in [1.54, 1.807) is 0 Å². The Labute approximate surface area is 99.4 Å². The Kier molecular flexibility index (Phi) is 4.36. The summed E-state index contributed by atoms with van der Waals surface area (Å²) in [6.45, 7) is 10.9. The predicted octanol–water partition coefficient (Wildman–Crippen LogP) is 1.87. The normalized spacial score (nSPS) is 21.9. The highest BCUT2D eigenvalue weighted by molar-refractivity contribution is 5.82. The fourth-order valence-electron chi connectivity index (χ4n) is 2.75. The molecule has 1 aliphatic heterocycles. The maximum absolute atomic E-state index is 12.3. The van der Waals surface area contributed by atoms with E-state index in [0.29, 0.717) is 24.3 Å². The monoisotopic (exact) mass is 226 g/mol. The van der Waals surface area contributed by atoms with Crippen LogP contribution >= 0.6 is 0 Å². The Bertz CT molecular complexity index is 248. The SMILES string of the molecule is CC(C)CC(C)(C)C(=O)N1CCC(CN)C1. The molecule has 1 saturated heterocycles. The number of hydrogen-bond acceptors (Lipinski definition) is 2. The summed E-state index contributed by atoms with van der Waals surface area (Å²) in [4.78, 5) is 14.3. The van der Waals surface area contributed by atoms with Crippen LogP contribution in [0, 0.1) is 17.3 Å². The number of hydrogen-bond donors (Lipinski definition) is 1. The van der Waals surface area contributed by atoms with Gasteiger partial charge in [0.1, 0.15) is 0 Å². The van der Waals surface area contributed by atoms with Crippen molar-refractivity contribution in [1.82, 2.24) is 4.90 Å². The molecular formula is C13H26N2O. The van der Waals surface area contributed by atoms with Crippen LogP contribution in [-0.4, -0.2) is 30.4 Å². The molecule has 2 N–H and O–H groups in total. The number of carbonyl (C=O) groups excluding carboxylic acids is 1. The van der Waals surface area contributed by atoms with Crippen LogP contribution in [0.2, 0.25) is 0 Å². The van der Waals surface area contributed by atoms with Crippen molar-refractivity contribution in [2.45, 2.75) is 40.5 Å². The van der Waals surface area contributed by atoms with Gasteiger partial charge in [-0.25, -0.2) is 0 Å². The first-order chi connectivity index (χ1) is 7.36. The van der Waals surface area contributed by atoms with Gasteiger partial charge >= 0.3 is 0 Å². The molecule has 1 heterocycles. The van der Waals surface area contributed by atoms with Crippen molar-refractivity contribution in [2.24, 2.45) is 23.0 Å². The fraction of sp³-hybridized carbons (Fsp3) is 0.923. The summed E-state index contributed by atoms with van der Waals surface area (Å²) in [6.07, 6.45) is 2.02. The summed E-state index contributed by atoms with van der Waals surface area (Å²) in [5.74, 6) is 1.38. The second-order valence-corrected chi connectivity index (χ2v) is 6.12. The molecule has 1 unspecified atom stereocenters. The lowest BCUT2D eigenvalue weighted by molar-refractivity contribution is -0.140. The van der Waals surface area contributed by atoms with Crippen LogP contribution in [0.25, 0.3) is 0 Å². The summed E-state index contributed by atoms with van der Waals surface area (Å²) in [5.41, 5.74) is 5.42. The van der Waals surface area contributed by atoms with E-state index in [0.717, 1.165) is 25.9 Å². The van der Waals surface area contributed by atoms with Gasteiger partial charge < -0.3 is 10.6 Å². The maximum Gasteiger partial charge on any atom is 0.228 e. The van der Waals surface area contributed by atoms with Crippen molar-refractivity contribution in [2.75, 3.05) is 19.6 Å². The van der Waals surface area contributed by atoms with E-state index >= 15 is 0 Å². The summed E-state index contributed by atoms with van der Waals surface area (Å²) in [5, 5.41) is 0. The van der Waals surface area contributed by atoms with E-state index < -0.39 is 0 Å². The van der Waals surface area contributed by atoms with E-state index in [9.17, 15) is 4.79 Å². The lowest BCUT2D eigenvalue weighted by atomic mass is 9.82. The third kappa shape index (κ3) is 3.21. The topological polar surface area (TPSA) is 46.3 Å². The fourth-order valence-corrected chi connectivity index (χ4v) is 2.75. The van der Waals surface area contributed by atoms with Gasteiger partial charge in [-0.1, -0.05) is 27.7 Å². The number of carbonyl (C=O) groups is 1. The third-order valence-corrected chi connectivity index (χ3v) is 3.40. The van der Waals surface area contributed by atoms with Crippen LogP contribution < -0.4 is 5.73 Å². The zero-order valence-electron chi connectivity index (χ0n) is 11.1. The van der Waals surface area contributed by atoms with Crippen LogP contribution in [0.5, 0.6) is 0 Å². The summed E-state index contributed by atoms with van der Waals surface area (Å²) in [6, 6.07) is 0. The quantitative estimate of drug-likeness (QED) is 0.795. The van der Waals surface area contributed by atoms with E-state index in [-0.39, 0.29) is 5.41 Å². The molecular weight excluding hydrogens is 200 g/mol. The minimum absolute atomic E-state index is 0.225. The molecule has 0 aromatic heterocycles. The first kappa shape index (κ1) is 13.5. The van der Waals surface area contributed by atoms with Crippen LogP contribution in [0.15, 0.2) is 0 Å². The minimum Gasteiger partial charge on any atom is -0.342 e. The van der Waals surface area contributed by atoms with Crippen molar-refractivity contribution in [1.29, 1.82) is 0 Å². The molecule has 0 spiro atoms. The van der Waals surface area contributed by atoms with Gasteiger partial charge in [-0.05, 0) is 31.2 Å². The van der Waals surface area contributed by atoms with Gasteiger partial charge in [0.2, 0.25) is 5.91 Å². The molecule has 1 atom stereocenters. The summed E-state index contributed by atoms with van der Waals surface area (Å²) in [7, 11) is 0. The molecule has 94 valence electrons. The van der Waals surface area contributed by atoms with Gasteiger partial charge in [0.25, 0.3) is 0 Å². The van der Waals surface area contributed by atoms with Crippen LogP contribution in [0.1, 0.15) is 40.5 Å². The van der Waals surface area contributed by atoms with Crippen molar-refractivity contribution in [3.8, 4) is 0 Å². The van der Waals surface area contributed by atoms with Gasteiger partial charge in [0, 0.05) is 18.5 Å². The van der Waals surface area contributed by atoms with Gasteiger partial charge in [-0.15, -0.1) is 0 Å². The molecule has 3 heteroatoms.